The molecule has 0 atom stereocenters. The Morgan fingerprint density at radius 2 is 0.941 bits per heavy atom. The van der Waals surface area contributed by atoms with Gasteiger partial charge < -0.3 is 0 Å². The molecule has 6 rings (SSSR count). The van der Waals surface area contributed by atoms with Crippen LogP contribution in [0.4, 0.5) is 8.78 Å². The summed E-state index contributed by atoms with van der Waals surface area (Å²) in [6, 6.07) is 0. The Hall–Kier alpha value is -1.23. The van der Waals surface area contributed by atoms with Crippen molar-refractivity contribution in [2.75, 3.05) is 26.4 Å². The summed E-state index contributed by atoms with van der Waals surface area (Å²) in [6.07, 6.45) is 0. The van der Waals surface area contributed by atoms with Crippen LogP contribution in [0.15, 0.2) is 0 Å². The molecule has 2 aromatic carbocycles. The standard InChI is InChI=1S/C20H20B2F2N4O4Se2/c1-19(2)5-29-21(30-6-19)11-13(23)9-10(15-17(11)27-33-25-15)14(24)12(18-16(9)26-34-28-18)22-31-7-20(3,4)8-32-22/h5-8H2,1-4H3. The molecule has 2 saturated heterocycles. The van der Waals surface area contributed by atoms with Crippen molar-refractivity contribution in [1.82, 2.24) is 15.9 Å². The van der Waals surface area contributed by atoms with Crippen molar-refractivity contribution in [3.05, 3.63) is 11.6 Å². The minimum absolute atomic E-state index is 0.0398. The van der Waals surface area contributed by atoms with E-state index in [0.29, 0.717) is 37.5 Å². The molecule has 0 radical (unpaired) electrons. The van der Waals surface area contributed by atoms with E-state index < -0.39 is 55.8 Å². The molecule has 2 aliphatic heterocycles. The fourth-order valence-electron chi connectivity index (χ4n) is 4.35. The number of aromatic nitrogens is 4. The zero-order valence-electron chi connectivity index (χ0n) is 19.0. The number of hydrogen-bond acceptors (Lipinski definition) is 8. The van der Waals surface area contributed by atoms with Gasteiger partial charge in [0.05, 0.1) is 0 Å². The monoisotopic (exact) mass is 600 g/mol. The Labute approximate surface area is 207 Å². The third kappa shape index (κ3) is 3.62. The second kappa shape index (κ2) is 8.14. The van der Waals surface area contributed by atoms with Gasteiger partial charge in [0.15, 0.2) is 0 Å². The first-order chi connectivity index (χ1) is 16.2. The van der Waals surface area contributed by atoms with E-state index in [1.165, 1.54) is 0 Å². The van der Waals surface area contributed by atoms with Crippen LogP contribution in [0.25, 0.3) is 32.8 Å². The summed E-state index contributed by atoms with van der Waals surface area (Å²) >= 11 is -1.07. The fourth-order valence-corrected chi connectivity index (χ4v) is 6.73. The number of nitrogens with zero attached hydrogens (tertiary/aromatic N) is 4. The molecular weight excluding hydrogens is 578 g/mol. The first-order valence-electron chi connectivity index (χ1n) is 10.8. The van der Waals surface area contributed by atoms with E-state index in [9.17, 15) is 0 Å². The predicted octanol–water partition coefficient (Wildman–Crippen LogP) is 0.655. The van der Waals surface area contributed by atoms with E-state index in [1.807, 2.05) is 27.7 Å². The first-order valence-corrected chi connectivity index (χ1v) is 13.9. The summed E-state index contributed by atoms with van der Waals surface area (Å²) < 4.78 is 73.8. The van der Waals surface area contributed by atoms with Crippen molar-refractivity contribution < 1.29 is 27.4 Å². The Morgan fingerprint density at radius 3 is 1.29 bits per heavy atom. The van der Waals surface area contributed by atoms with Gasteiger partial charge in [0.2, 0.25) is 0 Å². The molecule has 0 unspecified atom stereocenters. The van der Waals surface area contributed by atoms with Gasteiger partial charge in [-0.05, 0) is 0 Å². The van der Waals surface area contributed by atoms with E-state index >= 15 is 8.78 Å². The Kier molecular flexibility index (Phi) is 5.55. The molecule has 8 nitrogen and oxygen atoms in total. The van der Waals surface area contributed by atoms with Gasteiger partial charge >= 0.3 is 208 Å². The molecule has 0 aliphatic carbocycles. The summed E-state index contributed by atoms with van der Waals surface area (Å²) in [5.74, 6) is -1.31. The van der Waals surface area contributed by atoms with Gasteiger partial charge in [0, 0.05) is 0 Å². The number of benzene rings is 2. The zero-order chi connectivity index (χ0) is 23.8. The van der Waals surface area contributed by atoms with Crippen molar-refractivity contribution in [2.45, 2.75) is 27.7 Å². The summed E-state index contributed by atoms with van der Waals surface area (Å²) in [6.45, 7) is 9.62. The third-order valence-corrected chi connectivity index (χ3v) is 8.31. The molecule has 0 bridgehead atoms. The maximum atomic E-state index is 16.2. The maximum absolute atomic E-state index is 16.2. The molecule has 176 valence electrons. The number of halogens is 2. The zero-order valence-corrected chi connectivity index (χ0v) is 22.4. The van der Waals surface area contributed by atoms with Crippen LogP contribution >= 0.6 is 0 Å². The number of hydrogen-bond donors (Lipinski definition) is 0. The van der Waals surface area contributed by atoms with Crippen molar-refractivity contribution in [2.24, 2.45) is 10.8 Å². The van der Waals surface area contributed by atoms with Crippen LogP contribution in [0.5, 0.6) is 0 Å². The van der Waals surface area contributed by atoms with Gasteiger partial charge in [-0.25, -0.2) is 0 Å². The van der Waals surface area contributed by atoms with Crippen molar-refractivity contribution in [3.63, 3.8) is 0 Å². The van der Waals surface area contributed by atoms with Crippen LogP contribution in [0.2, 0.25) is 0 Å². The molecule has 2 fully saturated rings. The molecule has 0 N–H and O–H groups in total. The molecule has 2 aromatic heterocycles. The summed E-state index contributed by atoms with van der Waals surface area (Å²) in [4.78, 5) is 0. The SMILES string of the molecule is CC1(C)COB(c2c(F)c3c4n[se]nc4c(B4OCC(C)(C)CO4)c(F)c3c3n[se]nc23)OC1. The van der Waals surface area contributed by atoms with E-state index in [-0.39, 0.29) is 43.6 Å². The van der Waals surface area contributed by atoms with Crippen LogP contribution < -0.4 is 10.9 Å². The third-order valence-electron chi connectivity index (χ3n) is 6.10. The molecule has 14 heteroatoms. The van der Waals surface area contributed by atoms with E-state index in [4.69, 9.17) is 18.6 Å². The summed E-state index contributed by atoms with van der Waals surface area (Å²) in [5, 5.41) is 0.0795. The van der Waals surface area contributed by atoms with Crippen molar-refractivity contribution in [3.8, 4) is 0 Å². The molecule has 0 spiro atoms. The van der Waals surface area contributed by atoms with Gasteiger partial charge in [-0.15, -0.1) is 0 Å². The van der Waals surface area contributed by atoms with Crippen LogP contribution in [-0.2, 0) is 18.6 Å². The van der Waals surface area contributed by atoms with Crippen LogP contribution in [-0.4, -0.2) is 86.5 Å². The van der Waals surface area contributed by atoms with E-state index in [2.05, 4.69) is 15.9 Å². The van der Waals surface area contributed by atoms with Crippen molar-refractivity contribution >= 4 is 87.9 Å². The number of fused-ring (bicyclic) bond motifs is 5. The van der Waals surface area contributed by atoms with Crippen molar-refractivity contribution in [1.29, 1.82) is 0 Å². The van der Waals surface area contributed by atoms with Gasteiger partial charge in [-0.3, -0.25) is 0 Å². The fraction of sp³-hybridized carbons (Fsp3) is 0.500. The summed E-state index contributed by atoms with van der Waals surface area (Å²) in [5.41, 5.74) is 1.09. The molecule has 4 aromatic rings. The van der Waals surface area contributed by atoms with E-state index in [0.717, 1.165) is 0 Å². The quantitative estimate of drug-likeness (QED) is 0.312. The molecular formula is C20H20B2F2N4O4Se2. The van der Waals surface area contributed by atoms with Gasteiger partial charge in [-0.2, -0.15) is 0 Å². The minimum atomic E-state index is -0.950. The van der Waals surface area contributed by atoms with Gasteiger partial charge in [0.1, 0.15) is 0 Å². The van der Waals surface area contributed by atoms with Crippen LogP contribution in [0, 0.1) is 22.5 Å². The average molecular weight is 598 g/mol. The Morgan fingerprint density at radius 1 is 0.618 bits per heavy atom. The molecule has 34 heavy (non-hydrogen) atoms. The van der Waals surface area contributed by atoms with Crippen LogP contribution in [0.1, 0.15) is 27.7 Å². The Balaban J connectivity index is 1.60. The number of rotatable bonds is 2. The Bertz CT molecular complexity index is 1320. The normalized spacial score (nSPS) is 20.6. The topological polar surface area (TPSA) is 88.5 Å². The first kappa shape index (κ1) is 23.2. The molecule has 2 aliphatic rings. The van der Waals surface area contributed by atoms with E-state index in [1.54, 1.807) is 0 Å². The van der Waals surface area contributed by atoms with Crippen LogP contribution in [0.3, 0.4) is 0 Å². The molecule has 4 heterocycles. The van der Waals surface area contributed by atoms with Gasteiger partial charge in [-0.1, -0.05) is 0 Å². The molecule has 0 saturated carbocycles. The second-order valence-electron chi connectivity index (χ2n) is 10.4. The van der Waals surface area contributed by atoms with Gasteiger partial charge in [0.25, 0.3) is 0 Å². The average Bonchev–Trinajstić information content (AvgIpc) is 3.45. The summed E-state index contributed by atoms with van der Waals surface area (Å²) in [7, 11) is -1.90. The molecule has 0 amide bonds. The second-order valence-corrected chi connectivity index (χ2v) is 12.6. The predicted molar refractivity (Wildman–Crippen MR) is 126 cm³/mol.